The Kier molecular flexibility index (Phi) is 5.24. The Labute approximate surface area is 154 Å². The van der Waals surface area contributed by atoms with Crippen LogP contribution in [0.1, 0.15) is 10.4 Å². The lowest BCUT2D eigenvalue weighted by atomic mass is 10.1. The number of para-hydroxylation sites is 1. The Balaban J connectivity index is 1.59. The summed E-state index contributed by atoms with van der Waals surface area (Å²) in [6, 6.07) is 17.1. The third-order valence-electron chi connectivity index (χ3n) is 3.66. The highest BCUT2D eigenvalue weighted by molar-refractivity contribution is 6.32. The maximum absolute atomic E-state index is 12.2. The molecule has 132 valence electrons. The van der Waals surface area contributed by atoms with Crippen molar-refractivity contribution in [3.63, 3.8) is 0 Å². The lowest BCUT2D eigenvalue weighted by Crippen LogP contribution is -2.43. The van der Waals surface area contributed by atoms with Gasteiger partial charge in [0, 0.05) is 5.39 Å². The van der Waals surface area contributed by atoms with Gasteiger partial charge in [0.15, 0.2) is 6.61 Å². The van der Waals surface area contributed by atoms with Crippen molar-refractivity contribution in [3.05, 3.63) is 71.2 Å². The first-order valence-corrected chi connectivity index (χ1v) is 8.11. The van der Waals surface area contributed by atoms with Crippen LogP contribution in [0.5, 0.6) is 11.5 Å². The Bertz CT molecular complexity index is 975. The maximum Gasteiger partial charge on any atom is 0.276 e. The van der Waals surface area contributed by atoms with Crippen LogP contribution in [0.15, 0.2) is 60.7 Å². The number of phenols is 1. The minimum atomic E-state index is -0.639. The smallest absolute Gasteiger partial charge is 0.276 e. The van der Waals surface area contributed by atoms with Crippen LogP contribution >= 0.6 is 11.6 Å². The standard InChI is InChI=1S/C19H15ClN2O4/c20-15-7-3-4-8-16(15)26-11-17(23)21-22-19(25)14-10-9-12-5-1-2-6-13(12)18(14)24/h1-10,24H,11H2,(H,21,23)(H,22,25). The summed E-state index contributed by atoms with van der Waals surface area (Å²) >= 11 is 5.93. The van der Waals surface area contributed by atoms with Gasteiger partial charge in [-0.3, -0.25) is 20.4 Å². The van der Waals surface area contributed by atoms with Gasteiger partial charge in [0.25, 0.3) is 11.8 Å². The highest BCUT2D eigenvalue weighted by Gasteiger charge is 2.14. The number of benzene rings is 3. The van der Waals surface area contributed by atoms with Gasteiger partial charge in [-0.1, -0.05) is 54.1 Å². The van der Waals surface area contributed by atoms with Crippen molar-refractivity contribution >= 4 is 34.2 Å². The van der Waals surface area contributed by atoms with Crippen molar-refractivity contribution in [2.75, 3.05) is 6.61 Å². The van der Waals surface area contributed by atoms with E-state index in [0.29, 0.717) is 16.2 Å². The summed E-state index contributed by atoms with van der Waals surface area (Å²) in [5, 5.41) is 12.0. The van der Waals surface area contributed by atoms with E-state index in [1.807, 2.05) is 12.1 Å². The van der Waals surface area contributed by atoms with Crippen molar-refractivity contribution < 1.29 is 19.4 Å². The second-order valence-electron chi connectivity index (χ2n) is 5.40. The Morgan fingerprint density at radius 1 is 0.962 bits per heavy atom. The second kappa shape index (κ2) is 7.76. The van der Waals surface area contributed by atoms with E-state index in [4.69, 9.17) is 16.3 Å². The molecule has 3 rings (SSSR count). The summed E-state index contributed by atoms with van der Waals surface area (Å²) in [7, 11) is 0. The first-order chi connectivity index (χ1) is 12.6. The molecule has 3 N–H and O–H groups in total. The molecule has 0 bridgehead atoms. The van der Waals surface area contributed by atoms with Gasteiger partial charge in [0.1, 0.15) is 11.5 Å². The zero-order valence-electron chi connectivity index (χ0n) is 13.5. The molecule has 0 aliphatic heterocycles. The molecule has 3 aromatic carbocycles. The number of hydrogen-bond donors (Lipinski definition) is 3. The molecule has 6 nitrogen and oxygen atoms in total. The Morgan fingerprint density at radius 3 is 2.50 bits per heavy atom. The van der Waals surface area contributed by atoms with Crippen LogP contribution in [0.3, 0.4) is 0 Å². The molecule has 7 heteroatoms. The van der Waals surface area contributed by atoms with Crippen LogP contribution < -0.4 is 15.6 Å². The number of nitrogens with one attached hydrogen (secondary N) is 2. The van der Waals surface area contributed by atoms with Crippen molar-refractivity contribution in [2.24, 2.45) is 0 Å². The molecule has 0 aliphatic carbocycles. The van der Waals surface area contributed by atoms with Crippen molar-refractivity contribution in [3.8, 4) is 11.5 Å². The summed E-state index contributed by atoms with van der Waals surface area (Å²) in [6.45, 7) is -0.326. The number of hydrogen-bond acceptors (Lipinski definition) is 4. The fourth-order valence-electron chi connectivity index (χ4n) is 2.37. The molecule has 26 heavy (non-hydrogen) atoms. The van der Waals surface area contributed by atoms with Gasteiger partial charge >= 0.3 is 0 Å². The van der Waals surface area contributed by atoms with Crippen LogP contribution in [-0.2, 0) is 4.79 Å². The molecule has 0 radical (unpaired) electrons. The normalized spacial score (nSPS) is 10.3. The van der Waals surface area contributed by atoms with E-state index in [-0.39, 0.29) is 17.9 Å². The molecule has 0 fully saturated rings. The summed E-state index contributed by atoms with van der Waals surface area (Å²) in [5.74, 6) is -0.997. The number of ether oxygens (including phenoxy) is 1. The lowest BCUT2D eigenvalue weighted by molar-refractivity contribution is -0.123. The van der Waals surface area contributed by atoms with Gasteiger partial charge < -0.3 is 9.84 Å². The van der Waals surface area contributed by atoms with Gasteiger partial charge in [0.05, 0.1) is 10.6 Å². The molecule has 0 spiro atoms. The third kappa shape index (κ3) is 3.87. The van der Waals surface area contributed by atoms with E-state index in [9.17, 15) is 14.7 Å². The van der Waals surface area contributed by atoms with E-state index in [1.165, 1.54) is 6.07 Å². The topological polar surface area (TPSA) is 87.7 Å². The predicted molar refractivity (Wildman–Crippen MR) is 98.2 cm³/mol. The molecular weight excluding hydrogens is 356 g/mol. The minimum Gasteiger partial charge on any atom is -0.506 e. The number of hydrazine groups is 1. The van der Waals surface area contributed by atoms with E-state index in [2.05, 4.69) is 10.9 Å². The second-order valence-corrected chi connectivity index (χ2v) is 5.81. The lowest BCUT2D eigenvalue weighted by Gasteiger charge is -2.11. The monoisotopic (exact) mass is 370 g/mol. The number of amides is 2. The molecule has 0 saturated heterocycles. The highest BCUT2D eigenvalue weighted by Crippen LogP contribution is 2.28. The van der Waals surface area contributed by atoms with Crippen LogP contribution in [0.2, 0.25) is 5.02 Å². The minimum absolute atomic E-state index is 0.0519. The number of carbonyl (C=O) groups excluding carboxylic acids is 2. The highest BCUT2D eigenvalue weighted by atomic mass is 35.5. The quantitative estimate of drug-likeness (QED) is 0.616. The molecular formula is C19H15ClN2O4. The molecule has 0 aromatic heterocycles. The van der Waals surface area contributed by atoms with Gasteiger partial charge in [-0.2, -0.15) is 0 Å². The van der Waals surface area contributed by atoms with E-state index in [0.717, 1.165) is 5.39 Å². The fraction of sp³-hybridized carbons (Fsp3) is 0.0526. The van der Waals surface area contributed by atoms with Crippen LogP contribution in [0, 0.1) is 0 Å². The molecule has 2 amide bonds. The van der Waals surface area contributed by atoms with Gasteiger partial charge in [-0.15, -0.1) is 0 Å². The summed E-state index contributed by atoms with van der Waals surface area (Å²) < 4.78 is 5.27. The fourth-order valence-corrected chi connectivity index (χ4v) is 2.56. The Hall–Kier alpha value is -3.25. The Morgan fingerprint density at radius 2 is 1.69 bits per heavy atom. The SMILES string of the molecule is O=C(COc1ccccc1Cl)NNC(=O)c1ccc2ccccc2c1O. The molecule has 0 aliphatic rings. The van der Waals surface area contributed by atoms with Gasteiger partial charge in [-0.05, 0) is 23.6 Å². The molecule has 3 aromatic rings. The first kappa shape index (κ1) is 17.6. The molecule has 0 atom stereocenters. The zero-order chi connectivity index (χ0) is 18.5. The van der Waals surface area contributed by atoms with E-state index in [1.54, 1.807) is 42.5 Å². The van der Waals surface area contributed by atoms with Crippen molar-refractivity contribution in [2.45, 2.75) is 0 Å². The van der Waals surface area contributed by atoms with Gasteiger partial charge in [-0.25, -0.2) is 0 Å². The van der Waals surface area contributed by atoms with Crippen LogP contribution in [-0.4, -0.2) is 23.5 Å². The van der Waals surface area contributed by atoms with Crippen molar-refractivity contribution in [1.82, 2.24) is 10.9 Å². The molecule has 0 unspecified atom stereocenters. The average molecular weight is 371 g/mol. The zero-order valence-corrected chi connectivity index (χ0v) is 14.3. The van der Waals surface area contributed by atoms with Crippen molar-refractivity contribution in [1.29, 1.82) is 0 Å². The van der Waals surface area contributed by atoms with Crippen LogP contribution in [0.4, 0.5) is 0 Å². The number of aromatic hydroxyl groups is 1. The summed E-state index contributed by atoms with van der Waals surface area (Å²) in [4.78, 5) is 24.0. The van der Waals surface area contributed by atoms with E-state index < -0.39 is 11.8 Å². The third-order valence-corrected chi connectivity index (χ3v) is 3.97. The number of phenolic OH excluding ortho intramolecular Hbond substituents is 1. The largest absolute Gasteiger partial charge is 0.506 e. The first-order valence-electron chi connectivity index (χ1n) is 7.73. The van der Waals surface area contributed by atoms with E-state index >= 15 is 0 Å². The number of fused-ring (bicyclic) bond motifs is 1. The summed E-state index contributed by atoms with van der Waals surface area (Å²) in [6.07, 6.45) is 0. The number of carbonyl (C=O) groups is 2. The van der Waals surface area contributed by atoms with Crippen LogP contribution in [0.25, 0.3) is 10.8 Å². The predicted octanol–water partition coefficient (Wildman–Crippen LogP) is 3.04. The van der Waals surface area contributed by atoms with Gasteiger partial charge in [0.2, 0.25) is 0 Å². The number of rotatable bonds is 4. The average Bonchev–Trinajstić information content (AvgIpc) is 2.66. The number of halogens is 1. The molecule has 0 heterocycles. The molecule has 0 saturated carbocycles. The summed E-state index contributed by atoms with van der Waals surface area (Å²) in [5.41, 5.74) is 4.52. The maximum atomic E-state index is 12.2.